The summed E-state index contributed by atoms with van der Waals surface area (Å²) in [6.07, 6.45) is 5.01. The molecule has 0 radical (unpaired) electrons. The Morgan fingerprint density at radius 3 is 3.16 bits per heavy atom. The van der Waals surface area contributed by atoms with Crippen LogP contribution in [0.3, 0.4) is 0 Å². The molecule has 1 N–H and O–H groups in total. The second kappa shape index (κ2) is 6.12. The number of fused-ring (bicyclic) bond motifs is 1. The quantitative estimate of drug-likeness (QED) is 0.629. The van der Waals surface area contributed by atoms with Gasteiger partial charge < -0.3 is 14.6 Å². The van der Waals surface area contributed by atoms with Crippen molar-refractivity contribution < 1.29 is 14.3 Å². The van der Waals surface area contributed by atoms with Gasteiger partial charge in [0, 0.05) is 13.0 Å². The number of nitrogens with one attached hydrogen (secondary N) is 1. The number of nitrogens with zero attached hydrogens (tertiary/aromatic N) is 3. The van der Waals surface area contributed by atoms with Gasteiger partial charge in [-0.25, -0.2) is 4.98 Å². The number of anilines is 1. The molecular formula is C12H16N4O3. The number of ketones is 1. The van der Waals surface area contributed by atoms with E-state index in [2.05, 4.69) is 20.0 Å². The maximum Gasteiger partial charge on any atom is 0.305 e. The van der Waals surface area contributed by atoms with Crippen molar-refractivity contribution in [1.29, 1.82) is 0 Å². The van der Waals surface area contributed by atoms with E-state index in [0.717, 1.165) is 12.8 Å². The van der Waals surface area contributed by atoms with E-state index < -0.39 is 0 Å². The van der Waals surface area contributed by atoms with Gasteiger partial charge in [-0.15, -0.1) is 0 Å². The molecule has 1 aliphatic rings. The third kappa shape index (κ3) is 3.18. The van der Waals surface area contributed by atoms with Gasteiger partial charge in [0.2, 0.25) is 5.78 Å². The Hall–Kier alpha value is -2.18. The molecule has 0 saturated heterocycles. The number of imidazole rings is 1. The lowest BCUT2D eigenvalue weighted by Gasteiger charge is -2.06. The number of aromatic nitrogens is 2. The standard InChI is InChI=1S/C12H16N4O3/c1-19-10(18)4-2-3-5-16-8-15-12-11(16)9(17)6-13-7-14-12/h7-8H,2-6H2,1H3,(H,13,14). The van der Waals surface area contributed by atoms with Crippen molar-refractivity contribution in [3.8, 4) is 0 Å². The van der Waals surface area contributed by atoms with E-state index in [0.29, 0.717) is 24.5 Å². The lowest BCUT2D eigenvalue weighted by molar-refractivity contribution is -0.140. The van der Waals surface area contributed by atoms with Gasteiger partial charge in [0.1, 0.15) is 12.2 Å². The van der Waals surface area contributed by atoms with Crippen molar-refractivity contribution in [2.75, 3.05) is 19.0 Å². The fourth-order valence-corrected chi connectivity index (χ4v) is 1.91. The average molecular weight is 264 g/mol. The number of hydrogen-bond acceptors (Lipinski definition) is 6. The van der Waals surface area contributed by atoms with Crippen molar-refractivity contribution in [3.05, 3.63) is 12.0 Å². The van der Waals surface area contributed by atoms with Gasteiger partial charge in [-0.1, -0.05) is 0 Å². The number of ether oxygens (including phenoxy) is 1. The molecule has 1 aromatic rings. The smallest absolute Gasteiger partial charge is 0.305 e. The summed E-state index contributed by atoms with van der Waals surface area (Å²) in [6.45, 7) is 0.778. The van der Waals surface area contributed by atoms with Crippen LogP contribution < -0.4 is 5.32 Å². The molecule has 0 saturated carbocycles. The predicted molar refractivity (Wildman–Crippen MR) is 69.4 cm³/mol. The largest absolute Gasteiger partial charge is 0.469 e. The van der Waals surface area contributed by atoms with Crippen molar-refractivity contribution in [2.45, 2.75) is 25.8 Å². The van der Waals surface area contributed by atoms with Crippen LogP contribution in [0, 0.1) is 0 Å². The number of rotatable bonds is 5. The number of hydrogen-bond donors (Lipinski definition) is 1. The van der Waals surface area contributed by atoms with Crippen LogP contribution in [0.4, 0.5) is 5.82 Å². The zero-order valence-corrected chi connectivity index (χ0v) is 10.8. The Bertz CT molecular complexity index is 507. The molecule has 0 amide bonds. The molecule has 7 nitrogen and oxygen atoms in total. The Balaban J connectivity index is 1.94. The number of aliphatic imine (C=N–C) groups is 1. The molecule has 7 heteroatoms. The minimum atomic E-state index is -0.212. The van der Waals surface area contributed by atoms with Crippen LogP contribution in [-0.4, -0.2) is 41.3 Å². The molecule has 0 atom stereocenters. The van der Waals surface area contributed by atoms with Crippen LogP contribution in [0.25, 0.3) is 0 Å². The monoisotopic (exact) mass is 264 g/mol. The molecule has 2 heterocycles. The predicted octanol–water partition coefficient (Wildman–Crippen LogP) is 0.863. The van der Waals surface area contributed by atoms with Gasteiger partial charge in [-0.05, 0) is 12.8 Å². The summed E-state index contributed by atoms with van der Waals surface area (Å²) in [7, 11) is 1.38. The second-order valence-corrected chi connectivity index (χ2v) is 4.21. The maximum atomic E-state index is 11.9. The molecule has 19 heavy (non-hydrogen) atoms. The second-order valence-electron chi connectivity index (χ2n) is 4.21. The Morgan fingerprint density at radius 2 is 2.37 bits per heavy atom. The van der Waals surface area contributed by atoms with Gasteiger partial charge >= 0.3 is 5.97 Å². The minimum absolute atomic E-state index is 0.0540. The van der Waals surface area contributed by atoms with Crippen LogP contribution in [-0.2, 0) is 16.1 Å². The number of aryl methyl sites for hydroxylation is 1. The topological polar surface area (TPSA) is 85.6 Å². The van der Waals surface area contributed by atoms with Gasteiger partial charge in [0.05, 0.1) is 19.8 Å². The summed E-state index contributed by atoms with van der Waals surface area (Å²) < 4.78 is 6.38. The molecule has 1 aliphatic heterocycles. The van der Waals surface area contributed by atoms with Crippen LogP contribution >= 0.6 is 0 Å². The highest BCUT2D eigenvalue weighted by Crippen LogP contribution is 2.16. The van der Waals surface area contributed by atoms with E-state index in [9.17, 15) is 9.59 Å². The van der Waals surface area contributed by atoms with Gasteiger partial charge in [-0.3, -0.25) is 14.6 Å². The summed E-state index contributed by atoms with van der Waals surface area (Å²) in [6, 6.07) is 0. The first-order valence-corrected chi connectivity index (χ1v) is 6.12. The zero-order chi connectivity index (χ0) is 13.7. The third-order valence-electron chi connectivity index (χ3n) is 2.89. The molecule has 0 aliphatic carbocycles. The molecule has 0 bridgehead atoms. The van der Waals surface area contributed by atoms with Crippen LogP contribution in [0.5, 0.6) is 0 Å². The summed E-state index contributed by atoms with van der Waals surface area (Å²) in [5.74, 6) is 0.275. The molecule has 102 valence electrons. The lowest BCUT2D eigenvalue weighted by Crippen LogP contribution is -2.12. The van der Waals surface area contributed by atoms with Crippen LogP contribution in [0.1, 0.15) is 29.8 Å². The zero-order valence-electron chi connectivity index (χ0n) is 10.8. The molecule has 0 fully saturated rings. The van der Waals surface area contributed by atoms with Gasteiger partial charge in [0.25, 0.3) is 0 Å². The van der Waals surface area contributed by atoms with E-state index in [1.807, 2.05) is 0 Å². The summed E-state index contributed by atoms with van der Waals surface area (Å²) in [5.41, 5.74) is 0.551. The highest BCUT2D eigenvalue weighted by Gasteiger charge is 2.19. The van der Waals surface area contributed by atoms with E-state index in [-0.39, 0.29) is 18.3 Å². The molecule has 2 rings (SSSR count). The van der Waals surface area contributed by atoms with Crippen molar-refractivity contribution >= 4 is 23.9 Å². The molecule has 0 aromatic carbocycles. The van der Waals surface area contributed by atoms with Crippen LogP contribution in [0.2, 0.25) is 0 Å². The fraction of sp³-hybridized carbons (Fsp3) is 0.500. The number of carbonyl (C=O) groups excluding carboxylic acids is 2. The van der Waals surface area contributed by atoms with E-state index >= 15 is 0 Å². The summed E-state index contributed by atoms with van der Waals surface area (Å²) in [4.78, 5) is 30.9. The van der Waals surface area contributed by atoms with Crippen molar-refractivity contribution in [3.63, 3.8) is 0 Å². The highest BCUT2D eigenvalue weighted by molar-refractivity contribution is 6.04. The Morgan fingerprint density at radius 1 is 1.53 bits per heavy atom. The molecular weight excluding hydrogens is 248 g/mol. The minimum Gasteiger partial charge on any atom is -0.469 e. The molecule has 0 spiro atoms. The first-order chi connectivity index (χ1) is 9.22. The van der Waals surface area contributed by atoms with E-state index in [4.69, 9.17) is 0 Å². The number of carbonyl (C=O) groups is 2. The fourth-order valence-electron chi connectivity index (χ4n) is 1.91. The SMILES string of the molecule is COC(=O)CCCCn1cnc2c1C(=O)CN=CN2. The first-order valence-electron chi connectivity index (χ1n) is 6.12. The third-order valence-corrected chi connectivity index (χ3v) is 2.89. The van der Waals surface area contributed by atoms with Crippen molar-refractivity contribution in [2.24, 2.45) is 4.99 Å². The first kappa shape index (κ1) is 13.3. The average Bonchev–Trinajstić information content (AvgIpc) is 2.73. The number of Topliss-reactive ketones (excluding diaryl/α,β-unsaturated/α-hetero) is 1. The number of unbranched alkanes of at least 4 members (excludes halogenated alkanes) is 1. The maximum absolute atomic E-state index is 11.9. The summed E-state index contributed by atoms with van der Waals surface area (Å²) >= 11 is 0. The lowest BCUT2D eigenvalue weighted by atomic mass is 10.2. The van der Waals surface area contributed by atoms with Gasteiger partial charge in [-0.2, -0.15) is 0 Å². The van der Waals surface area contributed by atoms with Gasteiger partial charge in [0.15, 0.2) is 5.82 Å². The normalized spacial score (nSPS) is 13.6. The number of esters is 1. The Labute approximate surface area is 110 Å². The summed E-state index contributed by atoms with van der Waals surface area (Å²) in [5, 5.41) is 2.88. The van der Waals surface area contributed by atoms with E-state index in [1.54, 1.807) is 10.9 Å². The van der Waals surface area contributed by atoms with Crippen molar-refractivity contribution in [1.82, 2.24) is 9.55 Å². The molecule has 1 aromatic heterocycles. The Kier molecular flexibility index (Phi) is 4.27. The van der Waals surface area contributed by atoms with E-state index in [1.165, 1.54) is 13.4 Å². The number of methoxy groups -OCH3 is 1. The molecule has 0 unspecified atom stereocenters. The van der Waals surface area contributed by atoms with Crippen LogP contribution in [0.15, 0.2) is 11.3 Å². The highest BCUT2D eigenvalue weighted by atomic mass is 16.5.